The van der Waals surface area contributed by atoms with Crippen LogP contribution in [0.1, 0.15) is 78.1 Å². The summed E-state index contributed by atoms with van der Waals surface area (Å²) in [5.41, 5.74) is 8.88. The van der Waals surface area contributed by atoms with Crippen molar-refractivity contribution in [3.05, 3.63) is 0 Å². The Morgan fingerprint density at radius 2 is 1.10 bits per heavy atom. The zero-order valence-electron chi connectivity index (χ0n) is 12.4. The summed E-state index contributed by atoms with van der Waals surface area (Å²) in [6.45, 7) is 0. The van der Waals surface area contributed by atoms with Gasteiger partial charge in [0.05, 0.1) is 0 Å². The van der Waals surface area contributed by atoms with Crippen LogP contribution in [0, 0.1) is 11.8 Å². The van der Waals surface area contributed by atoms with Crippen LogP contribution >= 0.6 is 0 Å². The predicted octanol–water partition coefficient (Wildman–Crippen LogP) is 3.91. The van der Waals surface area contributed by atoms with Crippen LogP contribution in [0.4, 0.5) is 9.59 Å². The van der Waals surface area contributed by atoms with Crippen molar-refractivity contribution < 1.29 is 9.59 Å². The van der Waals surface area contributed by atoms with Gasteiger partial charge in [-0.1, -0.05) is 71.6 Å². The molecule has 0 spiro atoms. The van der Waals surface area contributed by atoms with Crippen molar-refractivity contribution in [1.29, 1.82) is 0 Å². The summed E-state index contributed by atoms with van der Waals surface area (Å²) < 4.78 is 0. The summed E-state index contributed by atoms with van der Waals surface area (Å²) in [6, 6.07) is -1.88. The molecule has 2 rings (SSSR count). The monoisotopic (exact) mass is 299 g/mol. The van der Waals surface area contributed by atoms with Gasteiger partial charge in [-0.25, -0.2) is 9.59 Å². The molecular formula is C16H33N3O2. The van der Waals surface area contributed by atoms with Crippen LogP contribution in [0.15, 0.2) is 0 Å². The minimum Gasteiger partial charge on any atom is -0.351 e. The number of hydrogen-bond acceptors (Lipinski definition) is 2. The van der Waals surface area contributed by atoms with Crippen LogP contribution in [0.2, 0.25) is 0 Å². The van der Waals surface area contributed by atoms with Gasteiger partial charge in [0.25, 0.3) is 0 Å². The van der Waals surface area contributed by atoms with E-state index in [9.17, 15) is 9.59 Å². The molecule has 5 N–H and O–H groups in total. The number of imide groups is 1. The SMILES string of the molecule is C.C1CCC(CC2CCCCC2)CC1.NC(=O)NC(N)=O. The molecule has 2 aliphatic rings. The van der Waals surface area contributed by atoms with Gasteiger partial charge in [-0.05, 0) is 18.3 Å². The standard InChI is InChI=1S/C13H24.C2H5N3O2.CH4/c1-3-7-12(8-4-1)11-13-9-5-2-6-10-13;3-1(6)5-2(4)7;/h12-13H,1-11H2;(H5,3,4,5,6,7);1H4. The van der Waals surface area contributed by atoms with Crippen molar-refractivity contribution in [1.82, 2.24) is 5.32 Å². The minimum atomic E-state index is -0.938. The first kappa shape index (κ1) is 19.7. The van der Waals surface area contributed by atoms with Crippen molar-refractivity contribution in [2.24, 2.45) is 23.3 Å². The summed E-state index contributed by atoms with van der Waals surface area (Å²) >= 11 is 0. The van der Waals surface area contributed by atoms with E-state index in [4.69, 9.17) is 0 Å². The molecule has 2 saturated carbocycles. The molecule has 0 atom stereocenters. The maximum absolute atomic E-state index is 9.62. The molecule has 0 heterocycles. The number of nitrogens with one attached hydrogen (secondary N) is 1. The molecule has 2 fully saturated rings. The van der Waals surface area contributed by atoms with E-state index in [2.05, 4.69) is 11.5 Å². The van der Waals surface area contributed by atoms with E-state index in [-0.39, 0.29) is 7.43 Å². The molecule has 0 aliphatic heterocycles. The second kappa shape index (κ2) is 11.4. The Kier molecular flexibility index (Phi) is 10.7. The molecule has 124 valence electrons. The first-order chi connectivity index (χ1) is 9.58. The zero-order chi connectivity index (χ0) is 14.8. The predicted molar refractivity (Wildman–Crippen MR) is 86.8 cm³/mol. The molecule has 0 unspecified atom stereocenters. The maximum atomic E-state index is 9.62. The lowest BCUT2D eigenvalue weighted by Gasteiger charge is -2.28. The second-order valence-electron chi connectivity index (χ2n) is 6.10. The molecule has 21 heavy (non-hydrogen) atoms. The van der Waals surface area contributed by atoms with Crippen molar-refractivity contribution in [2.45, 2.75) is 78.1 Å². The number of urea groups is 2. The molecule has 0 saturated heterocycles. The quantitative estimate of drug-likeness (QED) is 0.720. The highest BCUT2D eigenvalue weighted by Crippen LogP contribution is 2.34. The summed E-state index contributed by atoms with van der Waals surface area (Å²) in [7, 11) is 0. The third-order valence-corrected chi connectivity index (χ3v) is 4.36. The minimum absolute atomic E-state index is 0. The third-order valence-electron chi connectivity index (χ3n) is 4.36. The average molecular weight is 299 g/mol. The largest absolute Gasteiger partial charge is 0.351 e. The van der Waals surface area contributed by atoms with Gasteiger partial charge >= 0.3 is 12.1 Å². The van der Waals surface area contributed by atoms with Crippen molar-refractivity contribution in [3.63, 3.8) is 0 Å². The Morgan fingerprint density at radius 3 is 1.33 bits per heavy atom. The molecule has 5 nitrogen and oxygen atoms in total. The first-order valence-corrected chi connectivity index (χ1v) is 7.94. The molecule has 0 bridgehead atoms. The second-order valence-corrected chi connectivity index (χ2v) is 6.10. The molecule has 4 amide bonds. The topological polar surface area (TPSA) is 98.2 Å². The van der Waals surface area contributed by atoms with E-state index in [0.717, 1.165) is 11.8 Å². The van der Waals surface area contributed by atoms with Gasteiger partial charge < -0.3 is 11.5 Å². The Morgan fingerprint density at radius 1 is 0.762 bits per heavy atom. The van der Waals surface area contributed by atoms with Gasteiger partial charge in [0.2, 0.25) is 0 Å². The van der Waals surface area contributed by atoms with Crippen molar-refractivity contribution in [3.8, 4) is 0 Å². The Balaban J connectivity index is 0.000000436. The van der Waals surface area contributed by atoms with Crippen LogP contribution in [-0.4, -0.2) is 12.1 Å². The number of hydrogen-bond donors (Lipinski definition) is 3. The first-order valence-electron chi connectivity index (χ1n) is 7.94. The lowest BCUT2D eigenvalue weighted by molar-refractivity contribution is 0.236. The van der Waals surface area contributed by atoms with E-state index in [0.29, 0.717) is 0 Å². The number of amides is 4. The van der Waals surface area contributed by atoms with Crippen LogP contribution in [-0.2, 0) is 0 Å². The van der Waals surface area contributed by atoms with Gasteiger partial charge in [0.1, 0.15) is 0 Å². The van der Waals surface area contributed by atoms with E-state index in [1.807, 2.05) is 0 Å². The highest BCUT2D eigenvalue weighted by Gasteiger charge is 2.20. The number of carbonyl (C=O) groups is 2. The highest BCUT2D eigenvalue weighted by atomic mass is 16.2. The molecule has 0 aromatic heterocycles. The van der Waals surface area contributed by atoms with Gasteiger partial charge in [-0.15, -0.1) is 0 Å². The third kappa shape index (κ3) is 10.2. The summed E-state index contributed by atoms with van der Waals surface area (Å²) in [5.74, 6) is 2.24. The molecule has 0 radical (unpaired) electrons. The van der Waals surface area contributed by atoms with E-state index in [1.54, 1.807) is 37.4 Å². The average Bonchev–Trinajstić information content (AvgIpc) is 2.40. The van der Waals surface area contributed by atoms with Crippen LogP contribution < -0.4 is 16.8 Å². The van der Waals surface area contributed by atoms with E-state index in [1.165, 1.54) is 38.5 Å². The fourth-order valence-electron chi connectivity index (χ4n) is 3.44. The number of carbonyl (C=O) groups excluding carboxylic acids is 2. The lowest BCUT2D eigenvalue weighted by atomic mass is 9.78. The molecule has 5 heteroatoms. The van der Waals surface area contributed by atoms with Crippen molar-refractivity contribution >= 4 is 12.1 Å². The molecule has 0 aromatic rings. The van der Waals surface area contributed by atoms with Gasteiger partial charge in [0.15, 0.2) is 0 Å². The van der Waals surface area contributed by atoms with Gasteiger partial charge in [-0.3, -0.25) is 5.32 Å². The van der Waals surface area contributed by atoms with Gasteiger partial charge in [0, 0.05) is 0 Å². The van der Waals surface area contributed by atoms with Gasteiger partial charge in [-0.2, -0.15) is 0 Å². The summed E-state index contributed by atoms with van der Waals surface area (Å²) in [5, 5.41) is 1.58. The smallest absolute Gasteiger partial charge is 0.320 e. The number of primary amides is 2. The van der Waals surface area contributed by atoms with Crippen LogP contribution in [0.25, 0.3) is 0 Å². The fourth-order valence-corrected chi connectivity index (χ4v) is 3.44. The van der Waals surface area contributed by atoms with Crippen LogP contribution in [0.5, 0.6) is 0 Å². The fraction of sp³-hybridized carbons (Fsp3) is 0.875. The summed E-state index contributed by atoms with van der Waals surface area (Å²) in [4.78, 5) is 19.2. The zero-order valence-corrected chi connectivity index (χ0v) is 12.4. The number of nitrogens with two attached hydrogens (primary N) is 2. The Labute approximate surface area is 129 Å². The molecule has 0 aromatic carbocycles. The maximum Gasteiger partial charge on any atom is 0.320 e. The normalized spacial score (nSPS) is 19.6. The molecule has 2 aliphatic carbocycles. The van der Waals surface area contributed by atoms with Crippen LogP contribution in [0.3, 0.4) is 0 Å². The van der Waals surface area contributed by atoms with Crippen molar-refractivity contribution in [2.75, 3.05) is 0 Å². The Hall–Kier alpha value is -1.26. The number of rotatable bonds is 2. The van der Waals surface area contributed by atoms with E-state index < -0.39 is 12.1 Å². The highest BCUT2D eigenvalue weighted by molar-refractivity contribution is 5.91. The molecular weight excluding hydrogens is 266 g/mol. The lowest BCUT2D eigenvalue weighted by Crippen LogP contribution is -2.38. The van der Waals surface area contributed by atoms with E-state index >= 15 is 0 Å². The summed E-state index contributed by atoms with van der Waals surface area (Å²) in [6.07, 6.45) is 16.9. The Bertz CT molecular complexity index is 268.